The van der Waals surface area contributed by atoms with Crippen LogP contribution in [0.1, 0.15) is 55.6 Å². The molecule has 0 saturated heterocycles. The van der Waals surface area contributed by atoms with Crippen molar-refractivity contribution < 1.29 is 23.8 Å². The first-order valence-corrected chi connectivity index (χ1v) is 12.6. The van der Waals surface area contributed by atoms with E-state index in [1.165, 1.54) is 18.3 Å². The summed E-state index contributed by atoms with van der Waals surface area (Å²) in [6, 6.07) is 11.0. The lowest BCUT2D eigenvalue weighted by molar-refractivity contribution is -0.152. The van der Waals surface area contributed by atoms with Crippen LogP contribution < -0.4 is 5.32 Å². The van der Waals surface area contributed by atoms with Gasteiger partial charge in [0.2, 0.25) is 0 Å². The van der Waals surface area contributed by atoms with Crippen LogP contribution in [0.25, 0.3) is 11.1 Å². The van der Waals surface area contributed by atoms with Gasteiger partial charge in [0.25, 0.3) is 5.91 Å². The molecule has 0 saturated carbocycles. The molecule has 3 rings (SSSR count). The molecular weight excluding hydrogens is 499 g/mol. The van der Waals surface area contributed by atoms with E-state index < -0.39 is 23.3 Å². The minimum Gasteiger partial charge on any atom is -0.481 e. The summed E-state index contributed by atoms with van der Waals surface area (Å²) in [6.07, 6.45) is 4.69. The number of aromatic amines is 1. The Morgan fingerprint density at radius 3 is 2.62 bits per heavy atom. The summed E-state index contributed by atoms with van der Waals surface area (Å²) < 4.78 is 20.0. The normalized spacial score (nSPS) is 13.6. The van der Waals surface area contributed by atoms with E-state index in [4.69, 9.17) is 16.3 Å². The zero-order chi connectivity index (χ0) is 26.8. The summed E-state index contributed by atoms with van der Waals surface area (Å²) in [6.45, 7) is 4.21. The number of hydrogen-bond donors (Lipinski definition) is 3. The maximum Gasteiger partial charge on any atom is 0.311 e. The van der Waals surface area contributed by atoms with Crippen molar-refractivity contribution in [3.8, 4) is 11.1 Å². The smallest absolute Gasteiger partial charge is 0.311 e. The number of carbonyl (C=O) groups excluding carboxylic acids is 1. The lowest BCUT2D eigenvalue weighted by atomic mass is 9.82. The molecule has 2 aromatic carbocycles. The number of ether oxygens (including phenoxy) is 1. The third-order valence-corrected chi connectivity index (χ3v) is 6.43. The Bertz CT molecular complexity index is 1170. The quantitative estimate of drug-likeness (QED) is 0.244. The van der Waals surface area contributed by atoms with Crippen LogP contribution in [-0.2, 0) is 16.0 Å². The van der Waals surface area contributed by atoms with E-state index in [2.05, 4.69) is 27.7 Å². The maximum absolute atomic E-state index is 14.3. The molecule has 0 aliphatic carbocycles. The highest BCUT2D eigenvalue weighted by atomic mass is 35.5. The lowest BCUT2D eigenvalue weighted by Gasteiger charge is -2.30. The van der Waals surface area contributed by atoms with Crippen LogP contribution in [0.3, 0.4) is 0 Å². The summed E-state index contributed by atoms with van der Waals surface area (Å²) >= 11 is 6.03. The third-order valence-electron chi connectivity index (χ3n) is 6.20. The van der Waals surface area contributed by atoms with E-state index >= 15 is 0 Å². The molecule has 0 aliphatic rings. The van der Waals surface area contributed by atoms with Crippen LogP contribution in [0, 0.1) is 11.2 Å². The first-order chi connectivity index (χ1) is 17.7. The predicted molar refractivity (Wildman–Crippen MR) is 139 cm³/mol. The highest BCUT2D eigenvalue weighted by Gasteiger charge is 2.37. The van der Waals surface area contributed by atoms with E-state index in [1.54, 1.807) is 25.1 Å². The summed E-state index contributed by atoms with van der Waals surface area (Å²) in [5.74, 6) is -1.83. The Morgan fingerprint density at radius 2 is 1.97 bits per heavy atom. The number of nitrogens with zero attached hydrogens (tertiary/aromatic N) is 2. The Balaban J connectivity index is 1.78. The molecule has 3 aromatic rings. The number of carboxylic acid groups (broad SMARTS) is 1. The van der Waals surface area contributed by atoms with E-state index in [1.807, 2.05) is 12.1 Å². The van der Waals surface area contributed by atoms with Gasteiger partial charge in [-0.15, -0.1) is 5.10 Å². The van der Waals surface area contributed by atoms with Crippen LogP contribution in [0.4, 0.5) is 4.39 Å². The number of aliphatic carboxylic acids is 1. The molecule has 0 unspecified atom stereocenters. The van der Waals surface area contributed by atoms with E-state index in [0.29, 0.717) is 29.2 Å². The molecule has 1 aromatic heterocycles. The first-order valence-electron chi connectivity index (χ1n) is 12.2. The van der Waals surface area contributed by atoms with Crippen molar-refractivity contribution in [1.29, 1.82) is 0 Å². The van der Waals surface area contributed by atoms with Gasteiger partial charge in [0.15, 0.2) is 0 Å². The van der Waals surface area contributed by atoms with Gasteiger partial charge in [-0.1, -0.05) is 60.8 Å². The Kier molecular flexibility index (Phi) is 10.2. The fourth-order valence-corrected chi connectivity index (χ4v) is 4.24. The second-order valence-electron chi connectivity index (χ2n) is 9.40. The number of H-pyrrole nitrogens is 1. The Morgan fingerprint density at radius 1 is 1.22 bits per heavy atom. The fourth-order valence-electron chi connectivity index (χ4n) is 4.07. The number of hydrogen-bond acceptors (Lipinski definition) is 5. The predicted octanol–water partition coefficient (Wildman–Crippen LogP) is 5.29. The minimum atomic E-state index is -1.22. The number of halogens is 2. The molecule has 3 N–H and O–H groups in total. The van der Waals surface area contributed by atoms with Crippen LogP contribution >= 0.6 is 11.6 Å². The molecule has 198 valence electrons. The number of amides is 1. The molecule has 1 heterocycles. The van der Waals surface area contributed by atoms with Gasteiger partial charge in [0.1, 0.15) is 11.5 Å². The van der Waals surface area contributed by atoms with Crippen molar-refractivity contribution in [3.05, 3.63) is 70.8 Å². The summed E-state index contributed by atoms with van der Waals surface area (Å²) in [5.41, 5.74) is 0.832. The highest BCUT2D eigenvalue weighted by Crippen LogP contribution is 2.29. The zero-order valence-electron chi connectivity index (χ0n) is 21.0. The number of carbonyl (C=O) groups is 2. The van der Waals surface area contributed by atoms with Crippen molar-refractivity contribution >= 4 is 23.5 Å². The molecule has 8 nitrogen and oxygen atoms in total. The van der Waals surface area contributed by atoms with Gasteiger partial charge in [-0.3, -0.25) is 14.7 Å². The molecule has 37 heavy (non-hydrogen) atoms. The van der Waals surface area contributed by atoms with Crippen molar-refractivity contribution in [2.24, 2.45) is 5.41 Å². The second kappa shape index (κ2) is 13.3. The topological polar surface area (TPSA) is 117 Å². The average Bonchev–Trinajstić information content (AvgIpc) is 3.41. The molecule has 0 spiro atoms. The summed E-state index contributed by atoms with van der Waals surface area (Å²) in [4.78, 5) is 25.0. The van der Waals surface area contributed by atoms with Crippen LogP contribution in [0.2, 0.25) is 5.02 Å². The number of aromatic nitrogens is 3. The average molecular weight is 531 g/mol. The number of benzene rings is 2. The van der Waals surface area contributed by atoms with Gasteiger partial charge < -0.3 is 15.2 Å². The molecule has 0 radical (unpaired) electrons. The largest absolute Gasteiger partial charge is 0.481 e. The highest BCUT2D eigenvalue weighted by molar-refractivity contribution is 6.30. The molecule has 0 fully saturated rings. The van der Waals surface area contributed by atoms with Gasteiger partial charge in [-0.2, -0.15) is 0 Å². The number of unbranched alkanes of at least 4 members (excludes halogenated alkanes) is 2. The number of rotatable bonds is 14. The van der Waals surface area contributed by atoms with E-state index in [9.17, 15) is 19.1 Å². The van der Waals surface area contributed by atoms with Crippen LogP contribution in [0.15, 0.2) is 48.7 Å². The molecule has 2 atom stereocenters. The maximum atomic E-state index is 14.3. The monoisotopic (exact) mass is 530 g/mol. The molecular formula is C27H32ClFN4O4. The van der Waals surface area contributed by atoms with E-state index in [0.717, 1.165) is 24.8 Å². The van der Waals surface area contributed by atoms with Gasteiger partial charge in [-0.05, 0) is 55.5 Å². The van der Waals surface area contributed by atoms with Gasteiger partial charge in [0.05, 0.1) is 18.2 Å². The van der Waals surface area contributed by atoms with Crippen molar-refractivity contribution in [3.63, 3.8) is 0 Å². The molecule has 0 bridgehead atoms. The van der Waals surface area contributed by atoms with Crippen molar-refractivity contribution in [2.45, 2.75) is 52.0 Å². The van der Waals surface area contributed by atoms with Gasteiger partial charge in [0, 0.05) is 23.2 Å². The second-order valence-corrected chi connectivity index (χ2v) is 9.83. The third kappa shape index (κ3) is 8.10. The number of nitrogens with one attached hydrogen (secondary N) is 2. The van der Waals surface area contributed by atoms with Crippen LogP contribution in [-0.4, -0.2) is 51.6 Å². The minimum absolute atomic E-state index is 0.0248. The van der Waals surface area contributed by atoms with Crippen molar-refractivity contribution in [2.75, 3.05) is 13.2 Å². The standard InChI is InChI=1S/C27H32ClFN4O4/c1-3-4-5-12-37-17-27(2,26(35)36)15-21(31-25(34)24-16-30-33-32-24)13-18-6-8-19(9-7-18)22-14-20(28)10-11-23(22)29/h6-11,14,16,21H,3-5,12-13,15,17H2,1-2H3,(H,31,34)(H,35,36)(H,30,32,33)/t21-,27+/m1/s1. The molecule has 1 amide bonds. The Hall–Kier alpha value is -3.30. The SMILES string of the molecule is CCCCCOC[C@](C)(C[C@@H](Cc1ccc(-c2cc(Cl)ccc2F)cc1)NC(=O)c1cnn[nH]1)C(=O)O. The van der Waals surface area contributed by atoms with Crippen molar-refractivity contribution in [1.82, 2.24) is 20.7 Å². The Labute approximate surface area is 220 Å². The van der Waals surface area contributed by atoms with E-state index in [-0.39, 0.29) is 24.5 Å². The van der Waals surface area contributed by atoms with Crippen LogP contribution in [0.5, 0.6) is 0 Å². The molecule has 10 heteroatoms. The lowest BCUT2D eigenvalue weighted by Crippen LogP contribution is -2.44. The first kappa shape index (κ1) is 28.3. The fraction of sp³-hybridized carbons (Fsp3) is 0.407. The zero-order valence-corrected chi connectivity index (χ0v) is 21.7. The van der Waals surface area contributed by atoms with Gasteiger partial charge in [-0.25, -0.2) is 4.39 Å². The number of carboxylic acids is 1. The summed E-state index contributed by atoms with van der Waals surface area (Å²) in [7, 11) is 0. The van der Waals surface area contributed by atoms with Gasteiger partial charge >= 0.3 is 5.97 Å². The molecule has 0 aliphatic heterocycles. The summed E-state index contributed by atoms with van der Waals surface area (Å²) in [5, 5.41) is 23.1.